The minimum atomic E-state index is -0.342. The van der Waals surface area contributed by atoms with E-state index in [0.29, 0.717) is 24.7 Å². The number of rotatable bonds is 5. The number of benzene rings is 1. The van der Waals surface area contributed by atoms with Crippen molar-refractivity contribution in [2.24, 2.45) is 0 Å². The van der Waals surface area contributed by atoms with Crippen molar-refractivity contribution in [2.75, 3.05) is 32.0 Å². The molecule has 0 aliphatic carbocycles. The van der Waals surface area contributed by atoms with E-state index in [4.69, 9.17) is 0 Å². The second-order valence-electron chi connectivity index (χ2n) is 4.60. The smallest absolute Gasteiger partial charge is 0.225 e. The zero-order chi connectivity index (χ0) is 13.0. The van der Waals surface area contributed by atoms with Crippen LogP contribution in [-0.4, -0.2) is 43.5 Å². The summed E-state index contributed by atoms with van der Waals surface area (Å²) in [5.74, 6) is -0.426. The highest BCUT2D eigenvalue weighted by Crippen LogP contribution is 2.10. The number of anilines is 1. The molecule has 0 atom stereocenters. The van der Waals surface area contributed by atoms with Crippen molar-refractivity contribution >= 4 is 11.6 Å². The first-order chi connectivity index (χ1) is 8.65. The van der Waals surface area contributed by atoms with E-state index in [1.165, 1.54) is 12.1 Å². The molecule has 5 heteroatoms. The summed E-state index contributed by atoms with van der Waals surface area (Å²) >= 11 is 0. The fraction of sp³-hybridized carbons (Fsp3) is 0.462. The summed E-state index contributed by atoms with van der Waals surface area (Å²) in [4.78, 5) is 13.8. The third-order valence-corrected chi connectivity index (χ3v) is 3.18. The van der Waals surface area contributed by atoms with E-state index in [-0.39, 0.29) is 11.7 Å². The van der Waals surface area contributed by atoms with Gasteiger partial charge in [0.05, 0.1) is 0 Å². The van der Waals surface area contributed by atoms with Crippen LogP contribution in [-0.2, 0) is 4.79 Å². The molecule has 2 rings (SSSR count). The van der Waals surface area contributed by atoms with Gasteiger partial charge in [0.1, 0.15) is 5.82 Å². The van der Waals surface area contributed by atoms with Crippen LogP contribution in [0.3, 0.4) is 0 Å². The fourth-order valence-corrected chi connectivity index (χ4v) is 1.84. The molecule has 4 nitrogen and oxygen atoms in total. The van der Waals surface area contributed by atoms with Gasteiger partial charge >= 0.3 is 0 Å². The minimum Gasteiger partial charge on any atom is -0.326 e. The van der Waals surface area contributed by atoms with Crippen molar-refractivity contribution < 1.29 is 9.18 Å². The number of likely N-dealkylation sites (N-methyl/N-ethyl adjacent to an activating group) is 1. The van der Waals surface area contributed by atoms with Gasteiger partial charge < -0.3 is 15.5 Å². The van der Waals surface area contributed by atoms with Crippen LogP contribution < -0.4 is 10.6 Å². The highest BCUT2D eigenvalue weighted by atomic mass is 19.1. The average Bonchev–Trinajstić information content (AvgIpc) is 2.24. The number of halogens is 1. The van der Waals surface area contributed by atoms with Crippen molar-refractivity contribution in [1.29, 1.82) is 0 Å². The summed E-state index contributed by atoms with van der Waals surface area (Å²) in [6, 6.07) is 6.47. The zero-order valence-electron chi connectivity index (χ0n) is 10.4. The highest BCUT2D eigenvalue weighted by molar-refractivity contribution is 5.90. The lowest BCUT2D eigenvalue weighted by molar-refractivity contribution is -0.116. The SMILES string of the molecule is CN(CCC(=O)Nc1cccc(F)c1)C1CNC1. The fourth-order valence-electron chi connectivity index (χ4n) is 1.84. The molecule has 0 bridgehead atoms. The van der Waals surface area contributed by atoms with Gasteiger partial charge in [-0.2, -0.15) is 0 Å². The Balaban J connectivity index is 1.74. The van der Waals surface area contributed by atoms with Crippen LogP contribution in [0.4, 0.5) is 10.1 Å². The minimum absolute atomic E-state index is 0.0836. The average molecular weight is 251 g/mol. The maximum absolute atomic E-state index is 12.9. The van der Waals surface area contributed by atoms with Crippen molar-refractivity contribution in [1.82, 2.24) is 10.2 Å². The molecule has 1 fully saturated rings. The molecule has 1 aliphatic heterocycles. The first-order valence-corrected chi connectivity index (χ1v) is 6.11. The Labute approximate surface area is 106 Å². The Bertz CT molecular complexity index is 420. The maximum atomic E-state index is 12.9. The van der Waals surface area contributed by atoms with E-state index in [1.54, 1.807) is 12.1 Å². The summed E-state index contributed by atoms with van der Waals surface area (Å²) in [6.07, 6.45) is 0.420. The number of nitrogens with one attached hydrogen (secondary N) is 2. The summed E-state index contributed by atoms with van der Waals surface area (Å²) in [5.41, 5.74) is 0.507. The van der Waals surface area contributed by atoms with Crippen molar-refractivity contribution in [3.63, 3.8) is 0 Å². The Morgan fingerprint density at radius 2 is 2.33 bits per heavy atom. The lowest BCUT2D eigenvalue weighted by Gasteiger charge is -2.35. The van der Waals surface area contributed by atoms with Gasteiger partial charge in [-0.15, -0.1) is 0 Å². The van der Waals surface area contributed by atoms with Crippen LogP contribution in [0, 0.1) is 5.82 Å². The number of carbonyl (C=O) groups excluding carboxylic acids is 1. The molecule has 2 N–H and O–H groups in total. The molecule has 0 aromatic heterocycles. The van der Waals surface area contributed by atoms with Crippen LogP contribution in [0.5, 0.6) is 0 Å². The lowest BCUT2D eigenvalue weighted by Crippen LogP contribution is -2.56. The largest absolute Gasteiger partial charge is 0.326 e. The van der Waals surface area contributed by atoms with Crippen molar-refractivity contribution in [3.8, 4) is 0 Å². The van der Waals surface area contributed by atoms with E-state index >= 15 is 0 Å². The second kappa shape index (κ2) is 5.93. The Hall–Kier alpha value is -1.46. The number of nitrogens with zero attached hydrogens (tertiary/aromatic N) is 1. The molecule has 1 heterocycles. The van der Waals surface area contributed by atoms with E-state index in [1.807, 2.05) is 7.05 Å². The zero-order valence-corrected chi connectivity index (χ0v) is 10.4. The molecule has 1 amide bonds. The summed E-state index contributed by atoms with van der Waals surface area (Å²) in [6.45, 7) is 2.69. The maximum Gasteiger partial charge on any atom is 0.225 e. The molecular formula is C13H18FN3O. The third-order valence-electron chi connectivity index (χ3n) is 3.18. The normalized spacial score (nSPS) is 15.5. The third kappa shape index (κ3) is 3.51. The van der Waals surface area contributed by atoms with Crippen LogP contribution in [0.25, 0.3) is 0 Å². The van der Waals surface area contributed by atoms with Gasteiger partial charge in [-0.25, -0.2) is 4.39 Å². The standard InChI is InChI=1S/C13H18FN3O/c1-17(12-8-15-9-12)6-5-13(18)16-11-4-2-3-10(14)7-11/h2-4,7,12,15H,5-6,8-9H2,1H3,(H,16,18). The molecule has 1 saturated heterocycles. The van der Waals surface area contributed by atoms with E-state index in [0.717, 1.165) is 13.1 Å². The van der Waals surface area contributed by atoms with Gasteiger partial charge in [0.2, 0.25) is 5.91 Å². The molecule has 98 valence electrons. The summed E-state index contributed by atoms with van der Waals surface area (Å²) in [5, 5.41) is 5.88. The number of amides is 1. The molecule has 1 aromatic carbocycles. The summed E-state index contributed by atoms with van der Waals surface area (Å²) in [7, 11) is 2.01. The highest BCUT2D eigenvalue weighted by Gasteiger charge is 2.21. The topological polar surface area (TPSA) is 44.4 Å². The van der Waals surface area contributed by atoms with Gasteiger partial charge in [-0.3, -0.25) is 4.79 Å². The Morgan fingerprint density at radius 1 is 1.56 bits per heavy atom. The van der Waals surface area contributed by atoms with Gasteiger partial charge in [-0.05, 0) is 25.2 Å². The summed E-state index contributed by atoms with van der Waals surface area (Å²) < 4.78 is 12.9. The van der Waals surface area contributed by atoms with Crippen LogP contribution >= 0.6 is 0 Å². The lowest BCUT2D eigenvalue weighted by atomic mass is 10.1. The second-order valence-corrected chi connectivity index (χ2v) is 4.60. The van der Waals surface area contributed by atoms with Crippen molar-refractivity contribution in [3.05, 3.63) is 30.1 Å². The molecule has 18 heavy (non-hydrogen) atoms. The number of hydrogen-bond donors (Lipinski definition) is 2. The van der Waals surface area contributed by atoms with Gasteiger partial charge in [0, 0.05) is 37.8 Å². The molecule has 1 aromatic rings. The predicted molar refractivity (Wildman–Crippen MR) is 68.9 cm³/mol. The van der Waals surface area contributed by atoms with E-state index in [9.17, 15) is 9.18 Å². The molecule has 0 spiro atoms. The van der Waals surface area contributed by atoms with Crippen LogP contribution in [0.1, 0.15) is 6.42 Å². The van der Waals surface area contributed by atoms with Crippen LogP contribution in [0.15, 0.2) is 24.3 Å². The number of carbonyl (C=O) groups is 1. The molecule has 1 aliphatic rings. The molecule has 0 radical (unpaired) electrons. The monoisotopic (exact) mass is 251 g/mol. The van der Waals surface area contributed by atoms with Gasteiger partial charge in [0.15, 0.2) is 0 Å². The van der Waals surface area contributed by atoms with Crippen molar-refractivity contribution in [2.45, 2.75) is 12.5 Å². The quantitative estimate of drug-likeness (QED) is 0.822. The molecule has 0 unspecified atom stereocenters. The predicted octanol–water partition coefficient (Wildman–Crippen LogP) is 1.06. The van der Waals surface area contributed by atoms with E-state index in [2.05, 4.69) is 15.5 Å². The Kier molecular flexibility index (Phi) is 4.28. The molecule has 0 saturated carbocycles. The number of hydrogen-bond acceptors (Lipinski definition) is 3. The van der Waals surface area contributed by atoms with E-state index < -0.39 is 0 Å². The first kappa shape index (κ1) is 13.0. The Morgan fingerprint density at radius 3 is 2.94 bits per heavy atom. The first-order valence-electron chi connectivity index (χ1n) is 6.11. The van der Waals surface area contributed by atoms with Gasteiger partial charge in [-0.1, -0.05) is 6.07 Å². The van der Waals surface area contributed by atoms with Gasteiger partial charge in [0.25, 0.3) is 0 Å². The molecular weight excluding hydrogens is 233 g/mol. The van der Waals surface area contributed by atoms with Crippen LogP contribution in [0.2, 0.25) is 0 Å².